The van der Waals surface area contributed by atoms with Gasteiger partial charge in [-0.25, -0.2) is 4.98 Å². The Hall–Kier alpha value is -1.69. The lowest BCUT2D eigenvalue weighted by molar-refractivity contribution is -0.384. The molecule has 6 nitrogen and oxygen atoms in total. The highest BCUT2D eigenvalue weighted by Crippen LogP contribution is 2.22. The molecule has 0 radical (unpaired) electrons. The number of nitro groups is 1. The molecule has 1 N–H and O–H groups in total. The van der Waals surface area contributed by atoms with Crippen molar-refractivity contribution in [3.05, 3.63) is 27.9 Å². The van der Waals surface area contributed by atoms with Gasteiger partial charge >= 0.3 is 5.69 Å². The maximum absolute atomic E-state index is 10.9. The van der Waals surface area contributed by atoms with Crippen molar-refractivity contribution in [3.8, 4) is 0 Å². The normalized spacial score (nSPS) is 15.8. The summed E-state index contributed by atoms with van der Waals surface area (Å²) in [4.78, 5) is 17.0. The molecular formula is C12H18N4O2. The minimum Gasteiger partial charge on any atom is -0.363 e. The zero-order chi connectivity index (χ0) is 13.0. The Morgan fingerprint density at radius 2 is 2.22 bits per heavy atom. The smallest absolute Gasteiger partial charge is 0.311 e. The minimum atomic E-state index is -0.391. The van der Waals surface area contributed by atoms with Crippen molar-refractivity contribution < 1.29 is 4.92 Å². The van der Waals surface area contributed by atoms with Gasteiger partial charge in [-0.2, -0.15) is 0 Å². The quantitative estimate of drug-likeness (QED) is 0.637. The maximum Gasteiger partial charge on any atom is 0.311 e. The van der Waals surface area contributed by atoms with Crippen molar-refractivity contribution in [2.24, 2.45) is 0 Å². The van der Waals surface area contributed by atoms with Gasteiger partial charge < -0.3 is 10.2 Å². The lowest BCUT2D eigenvalue weighted by Crippen LogP contribution is -2.26. The fourth-order valence-corrected chi connectivity index (χ4v) is 2.17. The van der Waals surface area contributed by atoms with Gasteiger partial charge in [-0.15, -0.1) is 0 Å². The zero-order valence-corrected chi connectivity index (χ0v) is 10.6. The molecule has 0 saturated carbocycles. The summed E-state index contributed by atoms with van der Waals surface area (Å²) in [6.45, 7) is 5.66. The van der Waals surface area contributed by atoms with Crippen LogP contribution >= 0.6 is 0 Å². The standard InChI is InChI=1S/C12H18N4O2/c1-10-8-11(16(17)18)12(14-9-10)13-4-7-15-5-2-3-6-15/h8-9H,2-7H2,1H3,(H,13,14). The molecule has 6 heteroatoms. The number of rotatable bonds is 5. The van der Waals surface area contributed by atoms with E-state index in [9.17, 15) is 10.1 Å². The Balaban J connectivity index is 1.93. The number of aromatic nitrogens is 1. The molecule has 1 aromatic heterocycles. The van der Waals surface area contributed by atoms with Gasteiger partial charge in [0.1, 0.15) is 0 Å². The summed E-state index contributed by atoms with van der Waals surface area (Å²) in [5.41, 5.74) is 0.850. The van der Waals surface area contributed by atoms with E-state index in [-0.39, 0.29) is 5.69 Å². The van der Waals surface area contributed by atoms with Crippen LogP contribution in [0.15, 0.2) is 12.3 Å². The largest absolute Gasteiger partial charge is 0.363 e. The molecule has 1 aliphatic rings. The van der Waals surface area contributed by atoms with Crippen molar-refractivity contribution in [1.82, 2.24) is 9.88 Å². The number of aryl methyl sites for hydroxylation is 1. The number of likely N-dealkylation sites (tertiary alicyclic amines) is 1. The first-order valence-electron chi connectivity index (χ1n) is 6.24. The van der Waals surface area contributed by atoms with Gasteiger partial charge in [0.05, 0.1) is 4.92 Å². The molecule has 0 unspecified atom stereocenters. The molecule has 1 aliphatic heterocycles. The molecule has 0 bridgehead atoms. The monoisotopic (exact) mass is 250 g/mol. The number of pyridine rings is 1. The zero-order valence-electron chi connectivity index (χ0n) is 10.6. The fraction of sp³-hybridized carbons (Fsp3) is 0.583. The van der Waals surface area contributed by atoms with Crippen molar-refractivity contribution in [2.45, 2.75) is 19.8 Å². The first kappa shape index (κ1) is 12.8. The summed E-state index contributed by atoms with van der Waals surface area (Å²) in [6, 6.07) is 1.55. The summed E-state index contributed by atoms with van der Waals surface area (Å²) in [5, 5.41) is 14.0. The molecule has 0 spiro atoms. The SMILES string of the molecule is Cc1cnc(NCCN2CCCC2)c([N+](=O)[O-])c1. The summed E-state index contributed by atoms with van der Waals surface area (Å²) < 4.78 is 0. The number of hydrogen-bond donors (Lipinski definition) is 1. The van der Waals surface area contributed by atoms with Gasteiger partial charge in [-0.1, -0.05) is 0 Å². The molecule has 1 fully saturated rings. The van der Waals surface area contributed by atoms with E-state index in [2.05, 4.69) is 15.2 Å². The van der Waals surface area contributed by atoms with Crippen LogP contribution in [0.4, 0.5) is 11.5 Å². The highest BCUT2D eigenvalue weighted by atomic mass is 16.6. The topological polar surface area (TPSA) is 71.3 Å². The van der Waals surface area contributed by atoms with Crippen LogP contribution in [0.3, 0.4) is 0 Å². The number of hydrogen-bond acceptors (Lipinski definition) is 5. The molecule has 0 aliphatic carbocycles. The Labute approximate surface area is 106 Å². The van der Waals surface area contributed by atoms with E-state index in [1.54, 1.807) is 19.2 Å². The molecule has 98 valence electrons. The van der Waals surface area contributed by atoms with E-state index in [0.29, 0.717) is 12.4 Å². The predicted octanol–water partition coefficient (Wildman–Crippen LogP) is 1.81. The number of anilines is 1. The van der Waals surface area contributed by atoms with Crippen LogP contribution in [0.25, 0.3) is 0 Å². The van der Waals surface area contributed by atoms with Crippen LogP contribution in [0.1, 0.15) is 18.4 Å². The van der Waals surface area contributed by atoms with E-state index in [0.717, 1.165) is 25.2 Å². The molecule has 1 aromatic rings. The lowest BCUT2D eigenvalue weighted by atomic mass is 10.3. The molecular weight excluding hydrogens is 232 g/mol. The molecule has 2 heterocycles. The van der Waals surface area contributed by atoms with Crippen molar-refractivity contribution in [3.63, 3.8) is 0 Å². The summed E-state index contributed by atoms with van der Waals surface area (Å²) in [6.07, 6.45) is 4.15. The van der Waals surface area contributed by atoms with E-state index >= 15 is 0 Å². The number of nitrogens with zero attached hydrogens (tertiary/aromatic N) is 3. The maximum atomic E-state index is 10.9. The van der Waals surface area contributed by atoms with Gasteiger partial charge in [-0.05, 0) is 38.4 Å². The van der Waals surface area contributed by atoms with Crippen LogP contribution in [-0.2, 0) is 0 Å². The third-order valence-electron chi connectivity index (χ3n) is 3.12. The van der Waals surface area contributed by atoms with Crippen molar-refractivity contribution >= 4 is 11.5 Å². The first-order chi connectivity index (χ1) is 8.66. The fourth-order valence-electron chi connectivity index (χ4n) is 2.17. The van der Waals surface area contributed by atoms with Gasteiger partial charge in [0.2, 0.25) is 5.82 Å². The third-order valence-corrected chi connectivity index (χ3v) is 3.12. The van der Waals surface area contributed by atoms with Gasteiger partial charge in [0, 0.05) is 25.4 Å². The van der Waals surface area contributed by atoms with Crippen molar-refractivity contribution in [1.29, 1.82) is 0 Å². The van der Waals surface area contributed by atoms with Crippen LogP contribution in [-0.4, -0.2) is 41.0 Å². The van der Waals surface area contributed by atoms with E-state index in [1.165, 1.54) is 12.8 Å². The third kappa shape index (κ3) is 3.16. The van der Waals surface area contributed by atoms with E-state index in [4.69, 9.17) is 0 Å². The van der Waals surface area contributed by atoms with Gasteiger partial charge in [0.25, 0.3) is 0 Å². The molecule has 2 rings (SSSR count). The Kier molecular flexibility index (Phi) is 4.09. The van der Waals surface area contributed by atoms with Crippen LogP contribution < -0.4 is 5.32 Å². The number of nitrogens with one attached hydrogen (secondary N) is 1. The average Bonchev–Trinajstić information content (AvgIpc) is 2.84. The van der Waals surface area contributed by atoms with Gasteiger partial charge in [0.15, 0.2) is 0 Å². The molecule has 1 saturated heterocycles. The van der Waals surface area contributed by atoms with Crippen LogP contribution in [0.2, 0.25) is 0 Å². The Morgan fingerprint density at radius 1 is 1.50 bits per heavy atom. The van der Waals surface area contributed by atoms with Gasteiger partial charge in [-0.3, -0.25) is 10.1 Å². The van der Waals surface area contributed by atoms with E-state index in [1.807, 2.05) is 0 Å². The Morgan fingerprint density at radius 3 is 2.89 bits per heavy atom. The van der Waals surface area contributed by atoms with Crippen LogP contribution in [0, 0.1) is 17.0 Å². The second kappa shape index (κ2) is 5.77. The highest BCUT2D eigenvalue weighted by Gasteiger charge is 2.16. The Bertz CT molecular complexity index is 430. The average molecular weight is 250 g/mol. The molecule has 18 heavy (non-hydrogen) atoms. The predicted molar refractivity (Wildman–Crippen MR) is 69.8 cm³/mol. The molecule has 0 aromatic carbocycles. The summed E-state index contributed by atoms with van der Waals surface area (Å²) >= 11 is 0. The van der Waals surface area contributed by atoms with E-state index < -0.39 is 4.92 Å². The lowest BCUT2D eigenvalue weighted by Gasteiger charge is -2.14. The summed E-state index contributed by atoms with van der Waals surface area (Å²) in [7, 11) is 0. The molecule has 0 amide bonds. The summed E-state index contributed by atoms with van der Waals surface area (Å²) in [5.74, 6) is 0.366. The first-order valence-corrected chi connectivity index (χ1v) is 6.24. The molecule has 0 atom stereocenters. The second-order valence-corrected chi connectivity index (χ2v) is 4.61. The van der Waals surface area contributed by atoms with Crippen molar-refractivity contribution in [2.75, 3.05) is 31.5 Å². The minimum absolute atomic E-state index is 0.0522. The van der Waals surface area contributed by atoms with Crippen LogP contribution in [0.5, 0.6) is 0 Å². The highest BCUT2D eigenvalue weighted by molar-refractivity contribution is 5.56. The second-order valence-electron chi connectivity index (χ2n) is 4.61.